The highest BCUT2D eigenvalue weighted by atomic mass is 35.5. The van der Waals surface area contributed by atoms with E-state index >= 15 is 0 Å². The summed E-state index contributed by atoms with van der Waals surface area (Å²) in [6.07, 6.45) is 1.79. The van der Waals surface area contributed by atoms with E-state index in [9.17, 15) is 14.3 Å². The highest BCUT2D eigenvalue weighted by Gasteiger charge is 2.22. The minimum Gasteiger partial charge on any atom is -0.508 e. The lowest BCUT2D eigenvalue weighted by molar-refractivity contribution is 0.0807. The minimum atomic E-state index is -0.820. The molecule has 4 rings (SSSR count). The van der Waals surface area contributed by atoms with E-state index in [1.807, 2.05) is 6.07 Å². The second-order valence-electron chi connectivity index (χ2n) is 8.20. The average molecular weight is 479 g/mol. The summed E-state index contributed by atoms with van der Waals surface area (Å²) >= 11 is 6.01. The zero-order chi connectivity index (χ0) is 24.1. The summed E-state index contributed by atoms with van der Waals surface area (Å²) in [5.41, 5.74) is 2.39. The van der Waals surface area contributed by atoms with Crippen molar-refractivity contribution in [1.29, 1.82) is 0 Å². The van der Waals surface area contributed by atoms with Crippen LogP contribution in [-0.2, 0) is 4.74 Å². The van der Waals surface area contributed by atoms with Gasteiger partial charge in [-0.15, -0.1) is 0 Å². The molecule has 2 heterocycles. The van der Waals surface area contributed by atoms with Crippen molar-refractivity contribution in [3.8, 4) is 17.6 Å². The molecule has 1 saturated heterocycles. The predicted octanol–water partition coefficient (Wildman–Crippen LogP) is 5.19. The number of phenols is 1. The smallest absolute Gasteiger partial charge is 0.270 e. The second-order valence-corrected chi connectivity index (χ2v) is 8.64. The molecule has 7 heteroatoms. The third kappa shape index (κ3) is 5.93. The number of aromatic nitrogens is 1. The molecule has 1 amide bonds. The van der Waals surface area contributed by atoms with E-state index in [0.717, 1.165) is 18.9 Å². The number of pyridine rings is 1. The number of hydrogen-bond donors (Lipinski definition) is 2. The number of nitrogens with zero attached hydrogens (tertiary/aromatic N) is 1. The van der Waals surface area contributed by atoms with Crippen LogP contribution < -0.4 is 5.32 Å². The normalized spacial score (nSPS) is 14.7. The lowest BCUT2D eigenvalue weighted by atomic mass is 9.97. The molecule has 0 spiro atoms. The van der Waals surface area contributed by atoms with E-state index in [4.69, 9.17) is 16.3 Å². The molecule has 0 saturated carbocycles. The van der Waals surface area contributed by atoms with Gasteiger partial charge in [-0.1, -0.05) is 35.6 Å². The molecule has 5 nitrogen and oxygen atoms in total. The number of carbonyl (C=O) groups excluding carboxylic acids is 1. The fraction of sp³-hybridized carbons (Fsp3) is 0.259. The molecule has 0 aliphatic carbocycles. The van der Waals surface area contributed by atoms with Crippen LogP contribution in [0.5, 0.6) is 5.75 Å². The number of nitrogens with one attached hydrogen (secondary N) is 1. The maximum Gasteiger partial charge on any atom is 0.270 e. The van der Waals surface area contributed by atoms with E-state index in [2.05, 4.69) is 22.1 Å². The summed E-state index contributed by atoms with van der Waals surface area (Å²) in [7, 11) is 0. The van der Waals surface area contributed by atoms with Crippen LogP contribution >= 0.6 is 11.6 Å². The molecule has 0 radical (unpaired) electrons. The number of aryl methyl sites for hydroxylation is 1. The van der Waals surface area contributed by atoms with Gasteiger partial charge in [0.15, 0.2) is 0 Å². The molecule has 1 aliphatic rings. The van der Waals surface area contributed by atoms with Crippen LogP contribution in [0.25, 0.3) is 0 Å². The number of amides is 1. The van der Waals surface area contributed by atoms with Gasteiger partial charge in [0, 0.05) is 41.0 Å². The van der Waals surface area contributed by atoms with Crippen molar-refractivity contribution < 1.29 is 19.0 Å². The van der Waals surface area contributed by atoms with Crippen LogP contribution in [0.4, 0.5) is 4.39 Å². The Labute approximate surface area is 202 Å². The Hall–Kier alpha value is -3.40. The van der Waals surface area contributed by atoms with E-state index < -0.39 is 17.8 Å². The van der Waals surface area contributed by atoms with Gasteiger partial charge in [0.2, 0.25) is 0 Å². The Kier molecular flexibility index (Phi) is 7.46. The van der Waals surface area contributed by atoms with E-state index in [-0.39, 0.29) is 22.9 Å². The van der Waals surface area contributed by atoms with Crippen molar-refractivity contribution in [2.75, 3.05) is 13.2 Å². The van der Waals surface area contributed by atoms with Gasteiger partial charge in [-0.3, -0.25) is 4.79 Å². The number of hydrogen-bond acceptors (Lipinski definition) is 4. The molecule has 1 unspecified atom stereocenters. The second kappa shape index (κ2) is 10.7. The summed E-state index contributed by atoms with van der Waals surface area (Å²) in [6.45, 7) is 3.22. The SMILES string of the molecule is Cc1cc(C#CC2CCOCC2)cc(C(=O)NC(c2ccc(Cl)cc2)c2cc(F)ccc2O)n1. The van der Waals surface area contributed by atoms with Crippen LogP contribution in [0, 0.1) is 30.5 Å². The van der Waals surface area contributed by atoms with Gasteiger partial charge in [0.05, 0.1) is 6.04 Å². The third-order valence-corrected chi connectivity index (χ3v) is 5.86. The summed E-state index contributed by atoms with van der Waals surface area (Å²) in [5.74, 6) is 5.56. The number of benzene rings is 2. The van der Waals surface area contributed by atoms with Gasteiger partial charge in [-0.05, 0) is 67.8 Å². The fourth-order valence-electron chi connectivity index (χ4n) is 3.84. The summed E-state index contributed by atoms with van der Waals surface area (Å²) < 4.78 is 19.4. The van der Waals surface area contributed by atoms with E-state index in [0.29, 0.717) is 35.1 Å². The average Bonchev–Trinajstić information content (AvgIpc) is 2.84. The van der Waals surface area contributed by atoms with Crippen LogP contribution in [0.3, 0.4) is 0 Å². The molecular weight excluding hydrogens is 455 g/mol. The van der Waals surface area contributed by atoms with Crippen molar-refractivity contribution >= 4 is 17.5 Å². The Bertz CT molecular complexity index is 1240. The maximum atomic E-state index is 14.0. The van der Waals surface area contributed by atoms with Crippen molar-refractivity contribution in [1.82, 2.24) is 10.3 Å². The highest BCUT2D eigenvalue weighted by molar-refractivity contribution is 6.30. The van der Waals surface area contributed by atoms with E-state index in [1.54, 1.807) is 37.3 Å². The van der Waals surface area contributed by atoms with Crippen molar-refractivity contribution in [3.63, 3.8) is 0 Å². The predicted molar refractivity (Wildman–Crippen MR) is 128 cm³/mol. The van der Waals surface area contributed by atoms with Crippen LogP contribution in [0.15, 0.2) is 54.6 Å². The van der Waals surface area contributed by atoms with Crippen molar-refractivity contribution in [3.05, 3.63) is 93.5 Å². The first-order valence-corrected chi connectivity index (χ1v) is 11.4. The number of phenolic OH excluding ortho intramolecular Hbond substituents is 1. The van der Waals surface area contributed by atoms with Gasteiger partial charge in [0.25, 0.3) is 5.91 Å². The first-order chi connectivity index (χ1) is 16.4. The van der Waals surface area contributed by atoms with Crippen molar-refractivity contribution in [2.45, 2.75) is 25.8 Å². The molecular formula is C27H24ClFN2O3. The van der Waals surface area contributed by atoms with E-state index in [1.165, 1.54) is 12.1 Å². The lowest BCUT2D eigenvalue weighted by Gasteiger charge is -2.21. The monoisotopic (exact) mass is 478 g/mol. The van der Waals surface area contributed by atoms with Crippen LogP contribution in [-0.4, -0.2) is 29.2 Å². The molecule has 34 heavy (non-hydrogen) atoms. The number of rotatable bonds is 4. The van der Waals surface area contributed by atoms with Gasteiger partial charge in [-0.25, -0.2) is 9.37 Å². The first kappa shape index (κ1) is 23.7. The zero-order valence-electron chi connectivity index (χ0n) is 18.6. The third-order valence-electron chi connectivity index (χ3n) is 5.61. The van der Waals surface area contributed by atoms with Gasteiger partial charge in [0.1, 0.15) is 17.3 Å². The molecule has 2 N–H and O–H groups in total. The molecule has 2 aromatic carbocycles. The molecule has 1 aromatic heterocycles. The molecule has 174 valence electrons. The minimum absolute atomic E-state index is 0.137. The Morgan fingerprint density at radius 2 is 1.91 bits per heavy atom. The number of aromatic hydroxyl groups is 1. The molecule has 0 bridgehead atoms. The van der Waals surface area contributed by atoms with Crippen LogP contribution in [0.2, 0.25) is 5.02 Å². The highest BCUT2D eigenvalue weighted by Crippen LogP contribution is 2.31. The standard InChI is InChI=1S/C27H24ClFN2O3/c1-17-14-19(3-2-18-10-12-34-13-11-18)15-24(30-17)27(33)31-26(20-4-6-21(28)7-5-20)23-16-22(29)8-9-25(23)32/h4-9,14-16,18,26,32H,10-13H2,1H3,(H,31,33). The number of ether oxygens (including phenoxy) is 1. The van der Waals surface area contributed by atoms with Gasteiger partial charge < -0.3 is 15.2 Å². The summed E-state index contributed by atoms with van der Waals surface area (Å²) in [5, 5.41) is 13.8. The molecule has 1 atom stereocenters. The van der Waals surface area contributed by atoms with Gasteiger partial charge >= 0.3 is 0 Å². The number of halogens is 2. The topological polar surface area (TPSA) is 71.5 Å². The Morgan fingerprint density at radius 1 is 1.18 bits per heavy atom. The summed E-state index contributed by atoms with van der Waals surface area (Å²) in [4.78, 5) is 17.6. The lowest BCUT2D eigenvalue weighted by Crippen LogP contribution is -2.30. The van der Waals surface area contributed by atoms with Gasteiger partial charge in [-0.2, -0.15) is 0 Å². The number of carbonyl (C=O) groups is 1. The summed E-state index contributed by atoms with van der Waals surface area (Å²) in [6, 6.07) is 13.0. The first-order valence-electron chi connectivity index (χ1n) is 11.0. The largest absolute Gasteiger partial charge is 0.508 e. The molecule has 3 aromatic rings. The fourth-order valence-corrected chi connectivity index (χ4v) is 3.97. The molecule has 1 aliphatic heterocycles. The maximum absolute atomic E-state index is 14.0. The zero-order valence-corrected chi connectivity index (χ0v) is 19.4. The van der Waals surface area contributed by atoms with Crippen LogP contribution in [0.1, 0.15) is 51.8 Å². The van der Waals surface area contributed by atoms with Crippen molar-refractivity contribution in [2.24, 2.45) is 5.92 Å². The molecule has 1 fully saturated rings. The Balaban J connectivity index is 1.64. The Morgan fingerprint density at radius 3 is 2.65 bits per heavy atom. The quantitative estimate of drug-likeness (QED) is 0.506.